The van der Waals surface area contributed by atoms with Crippen molar-refractivity contribution in [3.63, 3.8) is 0 Å². The van der Waals surface area contributed by atoms with Crippen LogP contribution < -0.4 is 11.1 Å². The predicted molar refractivity (Wildman–Crippen MR) is 84.9 cm³/mol. The van der Waals surface area contributed by atoms with Crippen molar-refractivity contribution in [2.24, 2.45) is 11.7 Å². The lowest BCUT2D eigenvalue weighted by molar-refractivity contribution is -0.124. The molecule has 1 aromatic heterocycles. The standard InChI is InChI=1S/C16H24N4O3/c17-15(21)12-10-13(11-12)18-16(22)14-2-1-3-20(14)5-4-19-6-8-23-9-7-19/h1-3,12-13H,4-11H2,(H2,17,21)(H,18,22). The Labute approximate surface area is 135 Å². The van der Waals surface area contributed by atoms with Gasteiger partial charge in [0, 0.05) is 44.3 Å². The van der Waals surface area contributed by atoms with E-state index in [1.165, 1.54) is 0 Å². The number of amides is 2. The third kappa shape index (κ3) is 3.92. The SMILES string of the molecule is NC(=O)C1CC(NC(=O)c2cccn2CCN2CCOCC2)C1. The monoisotopic (exact) mass is 320 g/mol. The molecule has 126 valence electrons. The molecule has 1 saturated heterocycles. The second-order valence-corrected chi connectivity index (χ2v) is 6.28. The average Bonchev–Trinajstić information content (AvgIpc) is 2.97. The van der Waals surface area contributed by atoms with Crippen LogP contribution in [-0.2, 0) is 16.1 Å². The third-order valence-corrected chi connectivity index (χ3v) is 4.70. The minimum Gasteiger partial charge on any atom is -0.379 e. The normalized spacial score (nSPS) is 24.9. The van der Waals surface area contributed by atoms with Crippen LogP contribution in [0.3, 0.4) is 0 Å². The molecule has 7 nitrogen and oxygen atoms in total. The first-order chi connectivity index (χ1) is 11.1. The molecule has 2 fully saturated rings. The van der Waals surface area contributed by atoms with Gasteiger partial charge in [-0.15, -0.1) is 0 Å². The lowest BCUT2D eigenvalue weighted by Gasteiger charge is -2.33. The Balaban J connectivity index is 1.49. The zero-order valence-electron chi connectivity index (χ0n) is 13.2. The molecule has 2 amide bonds. The molecule has 3 rings (SSSR count). The Kier molecular flexibility index (Phi) is 4.97. The van der Waals surface area contributed by atoms with E-state index in [9.17, 15) is 9.59 Å². The minimum atomic E-state index is -0.274. The number of carbonyl (C=O) groups is 2. The van der Waals surface area contributed by atoms with Crippen molar-refractivity contribution in [1.82, 2.24) is 14.8 Å². The van der Waals surface area contributed by atoms with Gasteiger partial charge in [0.05, 0.1) is 13.2 Å². The molecule has 1 aliphatic carbocycles. The number of nitrogens with one attached hydrogen (secondary N) is 1. The van der Waals surface area contributed by atoms with Gasteiger partial charge in [0.1, 0.15) is 5.69 Å². The Morgan fingerprint density at radius 2 is 2.00 bits per heavy atom. The van der Waals surface area contributed by atoms with E-state index in [4.69, 9.17) is 10.5 Å². The molecule has 7 heteroatoms. The van der Waals surface area contributed by atoms with Gasteiger partial charge in [0.25, 0.3) is 5.91 Å². The molecule has 0 unspecified atom stereocenters. The van der Waals surface area contributed by atoms with E-state index < -0.39 is 0 Å². The van der Waals surface area contributed by atoms with Gasteiger partial charge < -0.3 is 20.4 Å². The fraction of sp³-hybridized carbons (Fsp3) is 0.625. The predicted octanol–water partition coefficient (Wildman–Crippen LogP) is -0.186. The van der Waals surface area contributed by atoms with E-state index in [0.29, 0.717) is 18.5 Å². The summed E-state index contributed by atoms with van der Waals surface area (Å²) in [7, 11) is 0. The lowest BCUT2D eigenvalue weighted by Crippen LogP contribution is -2.48. The molecule has 2 heterocycles. The summed E-state index contributed by atoms with van der Waals surface area (Å²) in [5, 5.41) is 2.98. The Morgan fingerprint density at radius 3 is 2.70 bits per heavy atom. The third-order valence-electron chi connectivity index (χ3n) is 4.70. The van der Waals surface area contributed by atoms with Crippen LogP contribution in [0.25, 0.3) is 0 Å². The molecule has 0 radical (unpaired) electrons. The van der Waals surface area contributed by atoms with Crippen LogP contribution in [0.5, 0.6) is 0 Å². The average molecular weight is 320 g/mol. The van der Waals surface area contributed by atoms with Gasteiger partial charge in [-0.25, -0.2) is 0 Å². The number of morpholine rings is 1. The first-order valence-corrected chi connectivity index (χ1v) is 8.19. The van der Waals surface area contributed by atoms with Crippen LogP contribution in [0.2, 0.25) is 0 Å². The molecular weight excluding hydrogens is 296 g/mol. The number of carbonyl (C=O) groups excluding carboxylic acids is 2. The molecule has 0 spiro atoms. The molecule has 0 bridgehead atoms. The van der Waals surface area contributed by atoms with Gasteiger partial charge in [-0.1, -0.05) is 0 Å². The number of aromatic nitrogens is 1. The first-order valence-electron chi connectivity index (χ1n) is 8.19. The van der Waals surface area contributed by atoms with Crippen LogP contribution in [-0.4, -0.2) is 60.2 Å². The molecule has 1 aromatic rings. The van der Waals surface area contributed by atoms with Gasteiger partial charge in [0.2, 0.25) is 5.91 Å². The fourth-order valence-electron chi connectivity index (χ4n) is 3.12. The van der Waals surface area contributed by atoms with Gasteiger partial charge in [-0.3, -0.25) is 14.5 Å². The van der Waals surface area contributed by atoms with Crippen LogP contribution in [0.1, 0.15) is 23.3 Å². The van der Waals surface area contributed by atoms with Crippen molar-refractivity contribution in [1.29, 1.82) is 0 Å². The maximum Gasteiger partial charge on any atom is 0.268 e. The summed E-state index contributed by atoms with van der Waals surface area (Å²) in [4.78, 5) is 25.7. The lowest BCUT2D eigenvalue weighted by atomic mass is 9.80. The number of hydrogen-bond donors (Lipinski definition) is 2. The van der Waals surface area contributed by atoms with Crippen molar-refractivity contribution in [3.05, 3.63) is 24.0 Å². The summed E-state index contributed by atoms with van der Waals surface area (Å²) in [5.74, 6) is -0.442. The number of primary amides is 1. The quantitative estimate of drug-likeness (QED) is 0.760. The second-order valence-electron chi connectivity index (χ2n) is 6.28. The second kappa shape index (κ2) is 7.14. The molecule has 3 N–H and O–H groups in total. The van der Waals surface area contributed by atoms with Gasteiger partial charge in [-0.2, -0.15) is 0 Å². The Morgan fingerprint density at radius 1 is 1.26 bits per heavy atom. The van der Waals surface area contributed by atoms with Crippen molar-refractivity contribution in [2.45, 2.75) is 25.4 Å². The van der Waals surface area contributed by atoms with E-state index >= 15 is 0 Å². The van der Waals surface area contributed by atoms with Crippen LogP contribution in [0, 0.1) is 5.92 Å². The minimum absolute atomic E-state index is 0.0580. The summed E-state index contributed by atoms with van der Waals surface area (Å²) in [6.07, 6.45) is 3.23. The number of ether oxygens (including phenoxy) is 1. The number of nitrogens with two attached hydrogens (primary N) is 1. The number of hydrogen-bond acceptors (Lipinski definition) is 4. The zero-order valence-corrected chi connectivity index (χ0v) is 13.2. The maximum absolute atomic E-state index is 12.4. The Hall–Kier alpha value is -1.86. The molecule has 1 aliphatic heterocycles. The van der Waals surface area contributed by atoms with E-state index in [0.717, 1.165) is 39.4 Å². The number of nitrogens with zero attached hydrogens (tertiary/aromatic N) is 2. The van der Waals surface area contributed by atoms with Gasteiger partial charge in [0.15, 0.2) is 0 Å². The van der Waals surface area contributed by atoms with Crippen molar-refractivity contribution in [2.75, 3.05) is 32.8 Å². The van der Waals surface area contributed by atoms with Gasteiger partial charge >= 0.3 is 0 Å². The number of rotatable bonds is 6. The van der Waals surface area contributed by atoms with Crippen LogP contribution in [0.15, 0.2) is 18.3 Å². The van der Waals surface area contributed by atoms with Crippen LogP contribution >= 0.6 is 0 Å². The summed E-state index contributed by atoms with van der Waals surface area (Å²) in [5.41, 5.74) is 5.92. The van der Waals surface area contributed by atoms with Crippen LogP contribution in [0.4, 0.5) is 0 Å². The highest BCUT2D eigenvalue weighted by atomic mass is 16.5. The van der Waals surface area contributed by atoms with Crippen molar-refractivity contribution in [3.8, 4) is 0 Å². The Bertz CT molecular complexity index is 559. The van der Waals surface area contributed by atoms with E-state index in [2.05, 4.69) is 10.2 Å². The summed E-state index contributed by atoms with van der Waals surface area (Å²) < 4.78 is 7.32. The summed E-state index contributed by atoms with van der Waals surface area (Å²) >= 11 is 0. The highest BCUT2D eigenvalue weighted by Gasteiger charge is 2.34. The zero-order chi connectivity index (χ0) is 16.2. The largest absolute Gasteiger partial charge is 0.379 e. The first kappa shape index (κ1) is 16.0. The van der Waals surface area contributed by atoms with E-state index in [-0.39, 0.29) is 23.8 Å². The molecule has 23 heavy (non-hydrogen) atoms. The topological polar surface area (TPSA) is 89.6 Å². The molecule has 0 aromatic carbocycles. The maximum atomic E-state index is 12.4. The van der Waals surface area contributed by atoms with Crippen molar-refractivity contribution < 1.29 is 14.3 Å². The van der Waals surface area contributed by atoms with E-state index in [1.807, 2.05) is 22.9 Å². The fourth-order valence-corrected chi connectivity index (χ4v) is 3.12. The van der Waals surface area contributed by atoms with Crippen molar-refractivity contribution >= 4 is 11.8 Å². The highest BCUT2D eigenvalue weighted by molar-refractivity contribution is 5.93. The molecular formula is C16H24N4O3. The van der Waals surface area contributed by atoms with E-state index in [1.54, 1.807) is 0 Å². The summed E-state index contributed by atoms with van der Waals surface area (Å²) in [6, 6.07) is 3.78. The molecule has 2 aliphatic rings. The summed E-state index contributed by atoms with van der Waals surface area (Å²) in [6.45, 7) is 5.14. The smallest absolute Gasteiger partial charge is 0.268 e. The molecule has 0 atom stereocenters. The molecule has 1 saturated carbocycles. The highest BCUT2D eigenvalue weighted by Crippen LogP contribution is 2.27. The van der Waals surface area contributed by atoms with Gasteiger partial charge in [-0.05, 0) is 25.0 Å².